The van der Waals surface area contributed by atoms with Crippen LogP contribution in [0.15, 0.2) is 39.3 Å². The first-order valence-electron chi connectivity index (χ1n) is 7.97. The van der Waals surface area contributed by atoms with E-state index in [0.29, 0.717) is 24.1 Å². The molecule has 134 valence electrons. The van der Waals surface area contributed by atoms with Crippen LogP contribution in [0.2, 0.25) is 0 Å². The Balaban J connectivity index is 1.57. The number of carbonyl (C=O) groups is 1. The van der Waals surface area contributed by atoms with E-state index < -0.39 is 0 Å². The van der Waals surface area contributed by atoms with Crippen LogP contribution in [-0.2, 0) is 0 Å². The minimum Gasteiger partial charge on any atom is -0.423 e. The minimum absolute atomic E-state index is 0.0795. The Bertz CT molecular complexity index is 909. The van der Waals surface area contributed by atoms with Gasteiger partial charge in [0.15, 0.2) is 5.13 Å². The number of carbonyl (C=O) groups excluding carboxylic acids is 1. The molecule has 4 rings (SSSR count). The summed E-state index contributed by atoms with van der Waals surface area (Å²) in [6.45, 7) is 3.22. The number of urea groups is 1. The van der Waals surface area contributed by atoms with Crippen molar-refractivity contribution >= 4 is 40.1 Å². The van der Waals surface area contributed by atoms with E-state index in [4.69, 9.17) is 9.56 Å². The van der Waals surface area contributed by atoms with Gasteiger partial charge in [-0.15, -0.1) is 10.2 Å². The summed E-state index contributed by atoms with van der Waals surface area (Å²) in [6, 6.07) is 7.42. The third-order valence-electron chi connectivity index (χ3n) is 4.09. The van der Waals surface area contributed by atoms with E-state index in [2.05, 4.69) is 15.2 Å². The molecular weight excluding hydrogens is 372 g/mol. The van der Waals surface area contributed by atoms with Crippen LogP contribution < -0.4 is 14.9 Å². The molecule has 26 heavy (non-hydrogen) atoms. The molecule has 1 aromatic carbocycles. The summed E-state index contributed by atoms with van der Waals surface area (Å²) >= 11 is 2.61. The van der Waals surface area contributed by atoms with Crippen molar-refractivity contribution in [3.05, 3.63) is 36.4 Å². The van der Waals surface area contributed by atoms with Crippen LogP contribution >= 0.6 is 23.3 Å². The molecule has 3 aromatic rings. The monoisotopic (exact) mass is 388 g/mol. The molecule has 2 aromatic heterocycles. The zero-order valence-corrected chi connectivity index (χ0v) is 15.6. The molecule has 10 heteroatoms. The zero-order chi connectivity index (χ0) is 18.1. The van der Waals surface area contributed by atoms with Crippen molar-refractivity contribution in [2.45, 2.75) is 17.6 Å². The van der Waals surface area contributed by atoms with Crippen LogP contribution in [-0.4, -0.2) is 34.3 Å². The van der Waals surface area contributed by atoms with Crippen LogP contribution in [0.4, 0.5) is 15.6 Å². The van der Waals surface area contributed by atoms with Crippen molar-refractivity contribution in [3.8, 4) is 11.5 Å². The molecule has 1 aliphatic rings. The van der Waals surface area contributed by atoms with E-state index in [1.165, 1.54) is 17.7 Å². The topological polar surface area (TPSA) is 101 Å². The van der Waals surface area contributed by atoms with E-state index >= 15 is 0 Å². The number of aryl methyl sites for hydroxylation is 1. The van der Waals surface area contributed by atoms with Gasteiger partial charge in [0.05, 0.1) is 9.90 Å². The highest BCUT2D eigenvalue weighted by atomic mass is 32.2. The lowest BCUT2D eigenvalue weighted by Crippen LogP contribution is -2.49. The van der Waals surface area contributed by atoms with Gasteiger partial charge in [-0.2, -0.15) is 0 Å². The molecule has 2 N–H and O–H groups in total. The number of rotatable bonds is 4. The summed E-state index contributed by atoms with van der Waals surface area (Å²) in [4.78, 5) is 21.0. The van der Waals surface area contributed by atoms with Crippen LogP contribution in [0, 0.1) is 6.92 Å². The van der Waals surface area contributed by atoms with Crippen LogP contribution in [0.25, 0.3) is 11.5 Å². The molecule has 3 heterocycles. The Morgan fingerprint density at radius 1 is 1.23 bits per heavy atom. The molecule has 0 radical (unpaired) electrons. The van der Waals surface area contributed by atoms with Gasteiger partial charge in [0.25, 0.3) is 0 Å². The zero-order valence-electron chi connectivity index (χ0n) is 14.0. The average Bonchev–Trinajstić information content (AvgIpc) is 3.32. The molecule has 1 saturated heterocycles. The van der Waals surface area contributed by atoms with Gasteiger partial charge in [-0.25, -0.2) is 9.78 Å². The third kappa shape index (κ3) is 3.06. The Morgan fingerprint density at radius 2 is 2.00 bits per heavy atom. The molecule has 1 aliphatic heterocycles. The van der Waals surface area contributed by atoms with Gasteiger partial charge in [0.1, 0.15) is 0 Å². The van der Waals surface area contributed by atoms with Crippen molar-refractivity contribution in [3.63, 3.8) is 0 Å². The van der Waals surface area contributed by atoms with Gasteiger partial charge >= 0.3 is 6.03 Å². The fourth-order valence-corrected chi connectivity index (χ4v) is 4.27. The SMILES string of the molecule is Cc1nc(N2CCCN(c3ccc(-c4nnco4)cc3)C2=O)sc1SN. The lowest BCUT2D eigenvalue weighted by Gasteiger charge is -2.34. The number of amides is 2. The van der Waals surface area contributed by atoms with E-state index in [-0.39, 0.29) is 6.03 Å². The van der Waals surface area contributed by atoms with E-state index in [9.17, 15) is 4.79 Å². The number of hydrogen-bond acceptors (Lipinski definition) is 8. The Kier molecular flexibility index (Phi) is 4.62. The Morgan fingerprint density at radius 3 is 2.65 bits per heavy atom. The summed E-state index contributed by atoms with van der Waals surface area (Å²) in [5.41, 5.74) is 2.49. The fourth-order valence-electron chi connectivity index (χ4n) is 2.82. The molecule has 0 bridgehead atoms. The van der Waals surface area contributed by atoms with E-state index in [0.717, 1.165) is 39.5 Å². The molecular formula is C16H16N6O2S2. The molecule has 0 aliphatic carbocycles. The summed E-state index contributed by atoms with van der Waals surface area (Å²) in [5.74, 6) is 0.452. The molecule has 0 atom stereocenters. The van der Waals surface area contributed by atoms with Gasteiger partial charge < -0.3 is 4.42 Å². The van der Waals surface area contributed by atoms with Crippen LogP contribution in [0.1, 0.15) is 12.1 Å². The van der Waals surface area contributed by atoms with Crippen molar-refractivity contribution < 1.29 is 9.21 Å². The smallest absolute Gasteiger partial charge is 0.330 e. The first kappa shape index (κ1) is 17.0. The summed E-state index contributed by atoms with van der Waals surface area (Å²) in [5, 5.41) is 13.9. The Labute approximate surface area is 158 Å². The van der Waals surface area contributed by atoms with Crippen LogP contribution in [0.3, 0.4) is 0 Å². The highest BCUT2D eigenvalue weighted by molar-refractivity contribution is 7.99. The molecule has 8 nitrogen and oxygen atoms in total. The number of hydrogen-bond donors (Lipinski definition) is 1. The number of aromatic nitrogens is 3. The number of anilines is 2. The molecule has 0 saturated carbocycles. The highest BCUT2D eigenvalue weighted by Crippen LogP contribution is 2.34. The van der Waals surface area contributed by atoms with Gasteiger partial charge in [0, 0.05) is 24.3 Å². The molecule has 0 spiro atoms. The maximum atomic E-state index is 13.0. The Hall–Kier alpha value is -2.43. The number of nitrogens with zero attached hydrogens (tertiary/aromatic N) is 5. The molecule has 0 unspecified atom stereocenters. The maximum Gasteiger partial charge on any atom is 0.330 e. The van der Waals surface area contributed by atoms with Gasteiger partial charge in [-0.1, -0.05) is 11.3 Å². The van der Waals surface area contributed by atoms with E-state index in [1.54, 1.807) is 9.80 Å². The van der Waals surface area contributed by atoms with Gasteiger partial charge in [-0.05, 0) is 49.6 Å². The predicted octanol–water partition coefficient (Wildman–Crippen LogP) is 3.30. The molecule has 1 fully saturated rings. The fraction of sp³-hybridized carbons (Fsp3) is 0.250. The minimum atomic E-state index is -0.0795. The molecule has 2 amide bonds. The van der Waals surface area contributed by atoms with Crippen LogP contribution in [0.5, 0.6) is 0 Å². The lowest BCUT2D eigenvalue weighted by molar-refractivity contribution is 0.248. The number of benzene rings is 1. The second kappa shape index (κ2) is 7.06. The first-order chi connectivity index (χ1) is 12.7. The standard InChI is InChI=1S/C16H16N6O2S2/c1-10-14(26-17)25-15(19-10)22-8-2-7-21(16(22)23)12-5-3-11(4-6-12)13-20-18-9-24-13/h3-6,9H,2,7-8,17H2,1H3. The summed E-state index contributed by atoms with van der Waals surface area (Å²) < 4.78 is 6.12. The summed E-state index contributed by atoms with van der Waals surface area (Å²) in [6.07, 6.45) is 2.15. The second-order valence-corrected chi connectivity index (χ2v) is 7.60. The average molecular weight is 388 g/mol. The van der Waals surface area contributed by atoms with Crippen molar-refractivity contribution in [2.75, 3.05) is 22.9 Å². The normalized spacial score (nSPS) is 14.9. The van der Waals surface area contributed by atoms with Gasteiger partial charge in [-0.3, -0.25) is 14.9 Å². The lowest BCUT2D eigenvalue weighted by atomic mass is 10.2. The third-order valence-corrected chi connectivity index (χ3v) is 6.12. The predicted molar refractivity (Wildman–Crippen MR) is 101 cm³/mol. The number of thiazole rings is 1. The largest absolute Gasteiger partial charge is 0.423 e. The highest BCUT2D eigenvalue weighted by Gasteiger charge is 2.30. The van der Waals surface area contributed by atoms with Crippen molar-refractivity contribution in [2.24, 2.45) is 5.14 Å². The van der Waals surface area contributed by atoms with Crippen molar-refractivity contribution in [1.29, 1.82) is 0 Å². The summed E-state index contributed by atoms with van der Waals surface area (Å²) in [7, 11) is 0. The maximum absolute atomic E-state index is 13.0. The second-order valence-electron chi connectivity index (χ2n) is 5.72. The number of nitrogens with two attached hydrogens (primary N) is 1. The van der Waals surface area contributed by atoms with E-state index in [1.807, 2.05) is 31.2 Å². The first-order valence-corrected chi connectivity index (χ1v) is 9.67. The van der Waals surface area contributed by atoms with Crippen molar-refractivity contribution in [1.82, 2.24) is 15.2 Å². The quantitative estimate of drug-likeness (QED) is 0.684. The van der Waals surface area contributed by atoms with Gasteiger partial charge in [0.2, 0.25) is 12.3 Å².